The number of thiophene rings is 1. The zero-order chi connectivity index (χ0) is 21.6. The van der Waals surface area contributed by atoms with Crippen molar-refractivity contribution in [2.75, 3.05) is 6.61 Å². The lowest BCUT2D eigenvalue weighted by Crippen LogP contribution is -2.31. The summed E-state index contributed by atoms with van der Waals surface area (Å²) in [5.41, 5.74) is 1.06. The molecule has 0 bridgehead atoms. The Morgan fingerprint density at radius 3 is 2.68 bits per heavy atom. The first-order valence-electron chi connectivity index (χ1n) is 10.1. The van der Waals surface area contributed by atoms with Crippen LogP contribution < -0.4 is 20.1 Å². The summed E-state index contributed by atoms with van der Waals surface area (Å²) in [4.78, 5) is 15.0. The van der Waals surface area contributed by atoms with Crippen LogP contribution in [0.15, 0.2) is 69.8 Å². The van der Waals surface area contributed by atoms with Crippen LogP contribution in [-0.4, -0.2) is 24.0 Å². The molecule has 4 rings (SSSR count). The molecule has 2 unspecified atom stereocenters. The number of carbonyl (C=O) groups is 1. The topological polar surface area (TPSA) is 79.8 Å². The van der Waals surface area contributed by atoms with E-state index in [1.165, 1.54) is 11.3 Å². The van der Waals surface area contributed by atoms with Gasteiger partial charge in [0.1, 0.15) is 24.1 Å². The highest BCUT2D eigenvalue weighted by molar-refractivity contribution is 7.99. The highest BCUT2D eigenvalue weighted by Crippen LogP contribution is 2.38. The van der Waals surface area contributed by atoms with Crippen LogP contribution in [0.1, 0.15) is 29.8 Å². The molecule has 1 aromatic heterocycles. The second kappa shape index (κ2) is 10.2. The summed E-state index contributed by atoms with van der Waals surface area (Å²) < 4.78 is 11.6. The van der Waals surface area contributed by atoms with Gasteiger partial charge in [0.25, 0.3) is 0 Å². The van der Waals surface area contributed by atoms with Gasteiger partial charge in [-0.15, -0.1) is 11.3 Å². The minimum Gasteiger partial charge on any atom is -0.494 e. The van der Waals surface area contributed by atoms with Crippen molar-refractivity contribution in [1.29, 1.82) is 0 Å². The number of hydrogen-bond donors (Lipinski definition) is 3. The summed E-state index contributed by atoms with van der Waals surface area (Å²) in [6.07, 6.45) is -0.0302. The van der Waals surface area contributed by atoms with E-state index in [0.717, 1.165) is 38.2 Å². The average molecular weight is 457 g/mol. The Morgan fingerprint density at radius 1 is 1.10 bits per heavy atom. The Bertz CT molecular complexity index is 1020. The Morgan fingerprint density at radius 2 is 1.94 bits per heavy atom. The van der Waals surface area contributed by atoms with Crippen LogP contribution in [0.3, 0.4) is 0 Å². The van der Waals surface area contributed by atoms with Crippen molar-refractivity contribution in [1.82, 2.24) is 10.6 Å². The van der Waals surface area contributed by atoms with E-state index in [0.29, 0.717) is 13.2 Å². The Kier molecular flexibility index (Phi) is 7.14. The minimum atomic E-state index is -1.01. The largest absolute Gasteiger partial charge is 0.494 e. The van der Waals surface area contributed by atoms with Crippen LogP contribution in [0, 0.1) is 0 Å². The van der Waals surface area contributed by atoms with Gasteiger partial charge >= 0.3 is 0 Å². The highest BCUT2D eigenvalue weighted by atomic mass is 32.2. The highest BCUT2D eigenvalue weighted by Gasteiger charge is 2.33. The molecule has 0 spiro atoms. The summed E-state index contributed by atoms with van der Waals surface area (Å²) in [5, 5.41) is 16.9. The molecule has 1 aliphatic heterocycles. The maximum absolute atomic E-state index is 12.0. The van der Waals surface area contributed by atoms with Crippen LogP contribution in [-0.2, 0) is 11.4 Å². The van der Waals surface area contributed by atoms with Gasteiger partial charge in [-0.2, -0.15) is 0 Å². The summed E-state index contributed by atoms with van der Waals surface area (Å²) in [6, 6.07) is 17.3. The fourth-order valence-corrected chi connectivity index (χ4v) is 5.22. The predicted molar refractivity (Wildman–Crippen MR) is 121 cm³/mol. The van der Waals surface area contributed by atoms with Crippen molar-refractivity contribution in [3.8, 4) is 11.5 Å². The van der Waals surface area contributed by atoms with Crippen molar-refractivity contribution in [3.05, 3.63) is 70.4 Å². The summed E-state index contributed by atoms with van der Waals surface area (Å²) >= 11 is 3.08. The summed E-state index contributed by atoms with van der Waals surface area (Å²) in [7, 11) is 0. The van der Waals surface area contributed by atoms with Gasteiger partial charge in [-0.3, -0.25) is 10.1 Å². The van der Waals surface area contributed by atoms with Gasteiger partial charge in [0.2, 0.25) is 5.91 Å². The molecule has 162 valence electrons. The van der Waals surface area contributed by atoms with Gasteiger partial charge in [0, 0.05) is 14.7 Å². The number of benzene rings is 2. The molecule has 0 saturated carbocycles. The van der Waals surface area contributed by atoms with Gasteiger partial charge in [0.05, 0.1) is 6.61 Å². The fourth-order valence-electron chi connectivity index (χ4n) is 3.13. The van der Waals surface area contributed by atoms with Crippen molar-refractivity contribution in [3.63, 3.8) is 0 Å². The molecular formula is C23H24N2O4S2. The van der Waals surface area contributed by atoms with Crippen LogP contribution in [0.4, 0.5) is 0 Å². The van der Waals surface area contributed by atoms with E-state index in [-0.39, 0.29) is 5.91 Å². The molecule has 2 atom stereocenters. The lowest BCUT2D eigenvalue weighted by molar-refractivity contribution is -0.121. The molecule has 3 aromatic rings. The smallest absolute Gasteiger partial charge is 0.245 e. The predicted octanol–water partition coefficient (Wildman–Crippen LogP) is 4.30. The first kappa shape index (κ1) is 21.7. The van der Waals surface area contributed by atoms with E-state index in [2.05, 4.69) is 17.6 Å². The van der Waals surface area contributed by atoms with E-state index in [1.807, 2.05) is 60.0 Å². The van der Waals surface area contributed by atoms with Gasteiger partial charge in [0.15, 0.2) is 6.35 Å². The van der Waals surface area contributed by atoms with Crippen LogP contribution in [0.2, 0.25) is 0 Å². The van der Waals surface area contributed by atoms with Crippen LogP contribution >= 0.6 is 23.1 Å². The molecule has 3 N–H and O–H groups in total. The second-order valence-corrected chi connectivity index (χ2v) is 9.08. The minimum absolute atomic E-state index is 0.218. The number of amides is 1. The molecule has 0 radical (unpaired) electrons. The van der Waals surface area contributed by atoms with E-state index >= 15 is 0 Å². The Labute approximate surface area is 189 Å². The fraction of sp³-hybridized carbons (Fsp3) is 0.261. The summed E-state index contributed by atoms with van der Waals surface area (Å²) in [5.74, 6) is 1.43. The molecule has 1 fully saturated rings. The molecule has 0 aliphatic carbocycles. The third kappa shape index (κ3) is 5.59. The quantitative estimate of drug-likeness (QED) is 0.445. The van der Waals surface area contributed by atoms with Crippen molar-refractivity contribution < 1.29 is 19.4 Å². The third-order valence-corrected chi connectivity index (χ3v) is 6.81. The zero-order valence-electron chi connectivity index (χ0n) is 17.0. The number of aliphatic hydroxyl groups is 1. The molecule has 6 nitrogen and oxygen atoms in total. The number of aliphatic hydroxyl groups excluding tert-OH is 1. The molecule has 2 aromatic carbocycles. The number of rotatable bonds is 9. The number of ether oxygens (including phenoxy) is 2. The van der Waals surface area contributed by atoms with Crippen molar-refractivity contribution in [2.45, 2.75) is 42.1 Å². The molecule has 1 amide bonds. The molecule has 2 heterocycles. The standard InChI is InChI=1S/C23H24N2O4S2/c1-2-11-28-17-5-3-4-15(13-17)14-29-16-6-8-18(9-7-16)31-19-10-12-30-21(19)20-22(26)25-23(27)24-20/h3-10,12-13,20,23-24,27H,2,11,14H2,1H3,(H,25,26). The molecule has 1 aliphatic rings. The van der Waals surface area contributed by atoms with Crippen LogP contribution in [0.25, 0.3) is 0 Å². The van der Waals surface area contributed by atoms with E-state index in [1.54, 1.807) is 11.8 Å². The summed E-state index contributed by atoms with van der Waals surface area (Å²) in [6.45, 7) is 3.26. The van der Waals surface area contributed by atoms with E-state index < -0.39 is 12.4 Å². The Hall–Kier alpha value is -2.52. The SMILES string of the molecule is CCCOc1cccc(COc2ccc(Sc3ccsc3C3NC(O)NC3=O)cc2)c1. The molecule has 31 heavy (non-hydrogen) atoms. The van der Waals surface area contributed by atoms with Crippen LogP contribution in [0.5, 0.6) is 11.5 Å². The third-order valence-electron chi connectivity index (χ3n) is 4.61. The molecular weight excluding hydrogens is 432 g/mol. The van der Waals surface area contributed by atoms with Gasteiger partial charge < -0.3 is 19.9 Å². The van der Waals surface area contributed by atoms with Gasteiger partial charge in [-0.25, -0.2) is 0 Å². The van der Waals surface area contributed by atoms with E-state index in [9.17, 15) is 9.90 Å². The molecule has 8 heteroatoms. The maximum atomic E-state index is 12.0. The zero-order valence-corrected chi connectivity index (χ0v) is 18.7. The first-order valence-corrected chi connectivity index (χ1v) is 11.8. The first-order chi connectivity index (χ1) is 15.1. The number of nitrogens with one attached hydrogen (secondary N) is 2. The van der Waals surface area contributed by atoms with Gasteiger partial charge in [-0.05, 0) is 59.8 Å². The van der Waals surface area contributed by atoms with Gasteiger partial charge in [-0.1, -0.05) is 30.8 Å². The second-order valence-electron chi connectivity index (χ2n) is 7.02. The lowest BCUT2D eigenvalue weighted by atomic mass is 10.2. The van der Waals surface area contributed by atoms with E-state index in [4.69, 9.17) is 9.47 Å². The van der Waals surface area contributed by atoms with Crippen molar-refractivity contribution in [2.24, 2.45) is 0 Å². The maximum Gasteiger partial charge on any atom is 0.245 e. The lowest BCUT2D eigenvalue weighted by Gasteiger charge is -2.11. The van der Waals surface area contributed by atoms with Crippen molar-refractivity contribution >= 4 is 29.0 Å². The monoisotopic (exact) mass is 456 g/mol. The number of carbonyl (C=O) groups excluding carboxylic acids is 1. The normalized spacial score (nSPS) is 18.1. The Balaban J connectivity index is 1.35. The molecule has 1 saturated heterocycles. The average Bonchev–Trinajstić information content (AvgIpc) is 3.37. The number of hydrogen-bond acceptors (Lipinski definition) is 7.